The molecule has 0 bridgehead atoms. The number of ether oxygens (including phenoxy) is 2. The van der Waals surface area contributed by atoms with E-state index in [0.717, 1.165) is 5.75 Å². The van der Waals surface area contributed by atoms with Crippen molar-refractivity contribution in [1.29, 1.82) is 0 Å². The van der Waals surface area contributed by atoms with Crippen molar-refractivity contribution in [3.05, 3.63) is 60.8 Å². The van der Waals surface area contributed by atoms with E-state index in [2.05, 4.69) is 20.9 Å². The van der Waals surface area contributed by atoms with Gasteiger partial charge in [0.1, 0.15) is 18.0 Å². The largest absolute Gasteiger partial charge is 0.457 e. The third-order valence-electron chi connectivity index (χ3n) is 3.47. The minimum atomic E-state index is -0.628. The van der Waals surface area contributed by atoms with E-state index in [1.807, 2.05) is 30.3 Å². The minimum Gasteiger partial charge on any atom is -0.457 e. The Kier molecular flexibility index (Phi) is 6.19. The van der Waals surface area contributed by atoms with E-state index in [1.165, 1.54) is 10.9 Å². The highest BCUT2D eigenvalue weighted by Crippen LogP contribution is 2.22. The Labute approximate surface area is 161 Å². The molecular formula is C19H19N5O4. The van der Waals surface area contributed by atoms with E-state index >= 15 is 0 Å². The number of benzene rings is 2. The Balaban J connectivity index is 1.51. The van der Waals surface area contributed by atoms with Gasteiger partial charge < -0.3 is 14.8 Å². The van der Waals surface area contributed by atoms with Crippen LogP contribution < -0.4 is 15.4 Å². The fraction of sp³-hybridized carbons (Fsp3) is 0.158. The predicted molar refractivity (Wildman–Crippen MR) is 102 cm³/mol. The van der Waals surface area contributed by atoms with Crippen molar-refractivity contribution in [3.63, 3.8) is 0 Å². The second-order valence-corrected chi connectivity index (χ2v) is 5.63. The Morgan fingerprint density at radius 3 is 2.43 bits per heavy atom. The van der Waals surface area contributed by atoms with E-state index in [4.69, 9.17) is 9.47 Å². The van der Waals surface area contributed by atoms with Crippen LogP contribution in [0, 0.1) is 0 Å². The summed E-state index contributed by atoms with van der Waals surface area (Å²) in [7, 11) is 0. The second-order valence-electron chi connectivity index (χ2n) is 5.63. The number of para-hydroxylation sites is 1. The Morgan fingerprint density at radius 2 is 1.71 bits per heavy atom. The molecule has 0 aliphatic rings. The van der Waals surface area contributed by atoms with Gasteiger partial charge in [0, 0.05) is 5.69 Å². The molecule has 0 saturated heterocycles. The van der Waals surface area contributed by atoms with Crippen LogP contribution in [-0.4, -0.2) is 33.6 Å². The van der Waals surface area contributed by atoms with Crippen LogP contribution in [0.5, 0.6) is 11.5 Å². The first-order valence-electron chi connectivity index (χ1n) is 8.59. The number of rotatable bonds is 7. The van der Waals surface area contributed by atoms with Gasteiger partial charge in [-0.1, -0.05) is 23.4 Å². The highest BCUT2D eigenvalue weighted by atomic mass is 16.5. The standard InChI is InChI=1S/C19H19N5O4/c1-2-27-19(26)21-17-12-24(23-22-17)13-18(25)20-14-8-10-16(11-9-14)28-15-6-4-3-5-7-15/h3-12H,2,13H2,1H3,(H,20,25)(H,21,26). The highest BCUT2D eigenvalue weighted by Gasteiger charge is 2.09. The Morgan fingerprint density at radius 1 is 1.00 bits per heavy atom. The average molecular weight is 381 g/mol. The lowest BCUT2D eigenvalue weighted by atomic mass is 10.3. The molecule has 3 aromatic rings. The first-order valence-corrected chi connectivity index (χ1v) is 8.59. The summed E-state index contributed by atoms with van der Waals surface area (Å²) in [6.45, 7) is 1.89. The molecule has 1 heterocycles. The van der Waals surface area contributed by atoms with E-state index in [9.17, 15) is 9.59 Å². The number of amides is 2. The van der Waals surface area contributed by atoms with Crippen LogP contribution in [0.25, 0.3) is 0 Å². The number of anilines is 2. The molecule has 144 valence electrons. The minimum absolute atomic E-state index is 0.0558. The fourth-order valence-electron chi connectivity index (χ4n) is 2.28. The van der Waals surface area contributed by atoms with Gasteiger partial charge >= 0.3 is 6.09 Å². The predicted octanol–water partition coefficient (Wildman–Crippen LogP) is 3.28. The number of nitrogens with one attached hydrogen (secondary N) is 2. The lowest BCUT2D eigenvalue weighted by Crippen LogP contribution is -2.19. The molecule has 9 heteroatoms. The highest BCUT2D eigenvalue weighted by molar-refractivity contribution is 5.90. The molecule has 0 spiro atoms. The quantitative estimate of drug-likeness (QED) is 0.650. The summed E-state index contributed by atoms with van der Waals surface area (Å²) >= 11 is 0. The monoisotopic (exact) mass is 381 g/mol. The maximum atomic E-state index is 12.1. The van der Waals surface area contributed by atoms with Crippen LogP contribution in [0.1, 0.15) is 6.92 Å². The van der Waals surface area contributed by atoms with Crippen molar-refractivity contribution in [3.8, 4) is 11.5 Å². The molecule has 0 atom stereocenters. The van der Waals surface area contributed by atoms with Crippen molar-refractivity contribution in [1.82, 2.24) is 15.0 Å². The molecule has 2 aromatic carbocycles. The number of carbonyl (C=O) groups is 2. The molecule has 0 aliphatic heterocycles. The van der Waals surface area contributed by atoms with Crippen molar-refractivity contribution in [2.75, 3.05) is 17.2 Å². The molecule has 0 aliphatic carbocycles. The molecule has 0 fully saturated rings. The number of hydrogen-bond acceptors (Lipinski definition) is 6. The maximum absolute atomic E-state index is 12.1. The van der Waals surface area contributed by atoms with Gasteiger partial charge in [-0.2, -0.15) is 0 Å². The lowest BCUT2D eigenvalue weighted by molar-refractivity contribution is -0.116. The average Bonchev–Trinajstić information content (AvgIpc) is 3.11. The van der Waals surface area contributed by atoms with Gasteiger partial charge in [-0.3, -0.25) is 10.1 Å². The summed E-state index contributed by atoms with van der Waals surface area (Å²) < 4.78 is 11.8. The third-order valence-corrected chi connectivity index (χ3v) is 3.47. The van der Waals surface area contributed by atoms with Crippen molar-refractivity contribution >= 4 is 23.5 Å². The van der Waals surface area contributed by atoms with E-state index in [0.29, 0.717) is 11.4 Å². The summed E-state index contributed by atoms with van der Waals surface area (Å²) in [5.74, 6) is 1.31. The lowest BCUT2D eigenvalue weighted by Gasteiger charge is -2.08. The van der Waals surface area contributed by atoms with Crippen LogP contribution in [-0.2, 0) is 16.1 Å². The van der Waals surface area contributed by atoms with Gasteiger partial charge in [-0.15, -0.1) is 5.10 Å². The fourth-order valence-corrected chi connectivity index (χ4v) is 2.28. The zero-order valence-corrected chi connectivity index (χ0v) is 15.2. The Bertz CT molecular complexity index is 925. The summed E-state index contributed by atoms with van der Waals surface area (Å²) in [5.41, 5.74) is 0.621. The van der Waals surface area contributed by atoms with Gasteiger partial charge in [0.05, 0.1) is 12.8 Å². The molecule has 2 N–H and O–H groups in total. The maximum Gasteiger partial charge on any atom is 0.412 e. The topological polar surface area (TPSA) is 107 Å². The summed E-state index contributed by atoms with van der Waals surface area (Å²) in [6, 6.07) is 16.4. The molecule has 3 rings (SSSR count). The molecular weight excluding hydrogens is 362 g/mol. The van der Waals surface area contributed by atoms with Gasteiger partial charge in [0.15, 0.2) is 5.82 Å². The van der Waals surface area contributed by atoms with Crippen LogP contribution in [0.4, 0.5) is 16.3 Å². The number of nitrogens with zero attached hydrogens (tertiary/aromatic N) is 3. The zero-order chi connectivity index (χ0) is 19.8. The SMILES string of the molecule is CCOC(=O)Nc1cn(CC(=O)Nc2ccc(Oc3ccccc3)cc2)nn1. The molecule has 0 saturated carbocycles. The third kappa shape index (κ3) is 5.56. The number of aromatic nitrogens is 3. The molecule has 1 aromatic heterocycles. The van der Waals surface area contributed by atoms with Crippen molar-refractivity contribution in [2.24, 2.45) is 0 Å². The van der Waals surface area contributed by atoms with Gasteiger partial charge in [-0.05, 0) is 43.3 Å². The number of hydrogen-bond donors (Lipinski definition) is 2. The molecule has 9 nitrogen and oxygen atoms in total. The zero-order valence-electron chi connectivity index (χ0n) is 15.2. The first-order chi connectivity index (χ1) is 13.6. The smallest absolute Gasteiger partial charge is 0.412 e. The van der Waals surface area contributed by atoms with Crippen LogP contribution in [0.2, 0.25) is 0 Å². The molecule has 0 unspecified atom stereocenters. The van der Waals surface area contributed by atoms with Crippen molar-refractivity contribution in [2.45, 2.75) is 13.5 Å². The van der Waals surface area contributed by atoms with Gasteiger partial charge in [0.25, 0.3) is 0 Å². The van der Waals surface area contributed by atoms with Crippen LogP contribution in [0.15, 0.2) is 60.8 Å². The normalized spacial score (nSPS) is 10.2. The van der Waals surface area contributed by atoms with Crippen LogP contribution in [0.3, 0.4) is 0 Å². The van der Waals surface area contributed by atoms with Gasteiger partial charge in [0.2, 0.25) is 5.91 Å². The molecule has 0 radical (unpaired) electrons. The second kappa shape index (κ2) is 9.17. The van der Waals surface area contributed by atoms with Gasteiger partial charge in [-0.25, -0.2) is 9.48 Å². The number of carbonyl (C=O) groups excluding carboxylic acids is 2. The van der Waals surface area contributed by atoms with Crippen LogP contribution >= 0.6 is 0 Å². The van der Waals surface area contributed by atoms with Crippen molar-refractivity contribution < 1.29 is 19.1 Å². The Hall–Kier alpha value is -3.88. The summed E-state index contributed by atoms with van der Waals surface area (Å²) in [6.07, 6.45) is 0.810. The van der Waals surface area contributed by atoms with E-state index < -0.39 is 6.09 Å². The first kappa shape index (κ1) is 18.9. The molecule has 28 heavy (non-hydrogen) atoms. The molecule has 2 amide bonds. The van der Waals surface area contributed by atoms with E-state index in [-0.39, 0.29) is 24.9 Å². The van der Waals surface area contributed by atoms with E-state index in [1.54, 1.807) is 31.2 Å². The summed E-state index contributed by atoms with van der Waals surface area (Å²) in [5, 5.41) is 12.7. The summed E-state index contributed by atoms with van der Waals surface area (Å²) in [4.78, 5) is 23.5.